The molecule has 6 nitrogen and oxygen atoms in total. The third-order valence-corrected chi connectivity index (χ3v) is 5.36. The van der Waals surface area contributed by atoms with Crippen LogP contribution in [0.15, 0.2) is 53.4 Å². The van der Waals surface area contributed by atoms with Gasteiger partial charge < -0.3 is 10.1 Å². The van der Waals surface area contributed by atoms with Crippen LogP contribution in [0.3, 0.4) is 0 Å². The van der Waals surface area contributed by atoms with E-state index in [-0.39, 0.29) is 10.8 Å². The number of amides is 1. The molecule has 0 radical (unpaired) electrons. The van der Waals surface area contributed by atoms with Gasteiger partial charge in [0.2, 0.25) is 0 Å². The van der Waals surface area contributed by atoms with Gasteiger partial charge >= 0.3 is 0 Å². The maximum absolute atomic E-state index is 12.4. The second-order valence-electron chi connectivity index (χ2n) is 5.99. The number of hydrogen-bond acceptors (Lipinski definition) is 4. The van der Waals surface area contributed by atoms with Crippen LogP contribution < -0.4 is 10.0 Å². The summed E-state index contributed by atoms with van der Waals surface area (Å²) < 4.78 is 32.7. The van der Waals surface area contributed by atoms with Gasteiger partial charge in [-0.25, -0.2) is 8.42 Å². The highest BCUT2D eigenvalue weighted by Crippen LogP contribution is 2.20. The molecule has 1 saturated heterocycles. The number of hydrogen-bond donors (Lipinski definition) is 2. The van der Waals surface area contributed by atoms with Gasteiger partial charge in [-0.2, -0.15) is 0 Å². The maximum atomic E-state index is 12.4. The summed E-state index contributed by atoms with van der Waals surface area (Å²) in [5.74, 6) is -0.203. The lowest BCUT2D eigenvalue weighted by Crippen LogP contribution is -2.26. The van der Waals surface area contributed by atoms with E-state index in [4.69, 9.17) is 4.74 Å². The van der Waals surface area contributed by atoms with Gasteiger partial charge in [0.1, 0.15) is 6.10 Å². The first kappa shape index (κ1) is 17.4. The summed E-state index contributed by atoms with van der Waals surface area (Å²) in [6, 6.07) is 13.1. The first-order valence-corrected chi connectivity index (χ1v) is 9.54. The molecule has 7 heteroatoms. The van der Waals surface area contributed by atoms with Crippen molar-refractivity contribution in [2.24, 2.45) is 0 Å². The number of rotatable bonds is 5. The first-order valence-electron chi connectivity index (χ1n) is 8.06. The molecule has 2 N–H and O–H groups in total. The zero-order valence-electron chi connectivity index (χ0n) is 13.9. The molecule has 1 heterocycles. The summed E-state index contributed by atoms with van der Waals surface area (Å²) in [7, 11) is -3.67. The number of anilines is 2. The van der Waals surface area contributed by atoms with E-state index < -0.39 is 16.1 Å². The minimum absolute atomic E-state index is 0.128. The third-order valence-electron chi connectivity index (χ3n) is 3.96. The van der Waals surface area contributed by atoms with E-state index in [0.29, 0.717) is 24.4 Å². The van der Waals surface area contributed by atoms with Crippen molar-refractivity contribution in [2.45, 2.75) is 30.8 Å². The predicted molar refractivity (Wildman–Crippen MR) is 96.0 cm³/mol. The van der Waals surface area contributed by atoms with Crippen molar-refractivity contribution in [1.29, 1.82) is 0 Å². The monoisotopic (exact) mass is 360 g/mol. The van der Waals surface area contributed by atoms with Gasteiger partial charge in [-0.05, 0) is 56.2 Å². The Morgan fingerprint density at radius 1 is 1.04 bits per heavy atom. The molecular formula is C18H20N2O4S. The number of sulfonamides is 1. The Hall–Kier alpha value is -2.38. The molecule has 2 aromatic rings. The Morgan fingerprint density at radius 2 is 1.68 bits per heavy atom. The Kier molecular flexibility index (Phi) is 5.06. The minimum atomic E-state index is -3.67. The smallest absolute Gasteiger partial charge is 0.261 e. The van der Waals surface area contributed by atoms with E-state index in [1.54, 1.807) is 24.3 Å². The summed E-state index contributed by atoms with van der Waals surface area (Å²) in [5.41, 5.74) is 2.09. The van der Waals surface area contributed by atoms with Crippen molar-refractivity contribution in [3.63, 3.8) is 0 Å². The lowest BCUT2D eigenvalue weighted by molar-refractivity contribution is -0.124. The van der Waals surface area contributed by atoms with Crippen LogP contribution in [0.25, 0.3) is 0 Å². The Morgan fingerprint density at radius 3 is 2.28 bits per heavy atom. The SMILES string of the molecule is Cc1ccc(NS(=O)(=O)c2ccc(NC(=O)[C@H]3CCCO3)cc2)cc1. The number of carbonyl (C=O) groups excluding carboxylic acids is 1. The molecular weight excluding hydrogens is 340 g/mol. The van der Waals surface area contributed by atoms with Crippen LogP contribution in [-0.4, -0.2) is 27.0 Å². The van der Waals surface area contributed by atoms with Gasteiger partial charge in [0, 0.05) is 18.0 Å². The van der Waals surface area contributed by atoms with Crippen LogP contribution in [0, 0.1) is 6.92 Å². The van der Waals surface area contributed by atoms with Crippen molar-refractivity contribution >= 4 is 27.3 Å². The van der Waals surface area contributed by atoms with Crippen molar-refractivity contribution in [3.8, 4) is 0 Å². The summed E-state index contributed by atoms with van der Waals surface area (Å²) in [4.78, 5) is 12.1. The van der Waals surface area contributed by atoms with Crippen LogP contribution in [0.2, 0.25) is 0 Å². The quantitative estimate of drug-likeness (QED) is 0.859. The molecule has 2 aromatic carbocycles. The van der Waals surface area contributed by atoms with Crippen LogP contribution in [0.5, 0.6) is 0 Å². The van der Waals surface area contributed by atoms with Gasteiger partial charge in [-0.15, -0.1) is 0 Å². The standard InChI is InChI=1S/C18H20N2O4S/c1-13-4-6-15(7-5-13)20-25(22,23)16-10-8-14(9-11-16)19-18(21)17-3-2-12-24-17/h4-11,17,20H,2-3,12H2,1H3,(H,19,21)/t17-/m1/s1. The molecule has 1 aliphatic rings. The first-order chi connectivity index (χ1) is 11.9. The van der Waals surface area contributed by atoms with Crippen molar-refractivity contribution in [1.82, 2.24) is 0 Å². The van der Waals surface area contributed by atoms with Gasteiger partial charge in [-0.3, -0.25) is 9.52 Å². The molecule has 0 aromatic heterocycles. The van der Waals surface area contributed by atoms with E-state index in [1.807, 2.05) is 19.1 Å². The molecule has 1 aliphatic heterocycles. The topological polar surface area (TPSA) is 84.5 Å². The summed E-state index contributed by atoms with van der Waals surface area (Å²) >= 11 is 0. The molecule has 3 rings (SSSR count). The molecule has 25 heavy (non-hydrogen) atoms. The highest BCUT2D eigenvalue weighted by atomic mass is 32.2. The van der Waals surface area contributed by atoms with Gasteiger partial charge in [0.05, 0.1) is 4.90 Å². The van der Waals surface area contributed by atoms with Gasteiger partial charge in [-0.1, -0.05) is 17.7 Å². The molecule has 132 valence electrons. The lowest BCUT2D eigenvalue weighted by atomic mass is 10.2. The van der Waals surface area contributed by atoms with Crippen LogP contribution in [0.4, 0.5) is 11.4 Å². The minimum Gasteiger partial charge on any atom is -0.368 e. The number of nitrogens with one attached hydrogen (secondary N) is 2. The van der Waals surface area contributed by atoms with Gasteiger partial charge in [0.15, 0.2) is 0 Å². The highest BCUT2D eigenvalue weighted by Gasteiger charge is 2.23. The van der Waals surface area contributed by atoms with E-state index in [2.05, 4.69) is 10.0 Å². The fourth-order valence-electron chi connectivity index (χ4n) is 2.56. The number of ether oxygens (including phenoxy) is 1. The fraction of sp³-hybridized carbons (Fsp3) is 0.278. The Bertz CT molecular complexity index is 840. The summed E-state index contributed by atoms with van der Waals surface area (Å²) in [6.07, 6.45) is 1.16. The normalized spacial score (nSPS) is 17.2. The molecule has 0 aliphatic carbocycles. The second-order valence-corrected chi connectivity index (χ2v) is 7.67. The van der Waals surface area contributed by atoms with Crippen molar-refractivity contribution in [2.75, 3.05) is 16.6 Å². The fourth-order valence-corrected chi connectivity index (χ4v) is 3.62. The number of benzene rings is 2. The molecule has 0 unspecified atom stereocenters. The van der Waals surface area contributed by atoms with Crippen molar-refractivity contribution < 1.29 is 17.9 Å². The van der Waals surface area contributed by atoms with E-state index in [9.17, 15) is 13.2 Å². The molecule has 0 bridgehead atoms. The molecule has 1 fully saturated rings. The average molecular weight is 360 g/mol. The molecule has 0 spiro atoms. The van der Waals surface area contributed by atoms with E-state index in [0.717, 1.165) is 12.0 Å². The van der Waals surface area contributed by atoms with Crippen LogP contribution in [-0.2, 0) is 19.6 Å². The molecule has 1 atom stereocenters. The highest BCUT2D eigenvalue weighted by molar-refractivity contribution is 7.92. The molecule has 1 amide bonds. The zero-order chi connectivity index (χ0) is 17.9. The van der Waals surface area contributed by atoms with E-state index >= 15 is 0 Å². The lowest BCUT2D eigenvalue weighted by Gasteiger charge is -2.12. The number of aryl methyl sites for hydroxylation is 1. The van der Waals surface area contributed by atoms with Crippen molar-refractivity contribution in [3.05, 3.63) is 54.1 Å². The van der Waals surface area contributed by atoms with Gasteiger partial charge in [0.25, 0.3) is 15.9 Å². The van der Waals surface area contributed by atoms with Crippen LogP contribution in [0.1, 0.15) is 18.4 Å². The van der Waals surface area contributed by atoms with E-state index in [1.165, 1.54) is 12.1 Å². The Balaban J connectivity index is 1.68. The second kappa shape index (κ2) is 7.25. The summed E-state index contributed by atoms with van der Waals surface area (Å²) in [6.45, 7) is 2.53. The Labute approximate surface area is 147 Å². The average Bonchev–Trinajstić information content (AvgIpc) is 3.12. The predicted octanol–water partition coefficient (Wildman–Crippen LogP) is 2.91. The molecule has 0 saturated carbocycles. The third kappa shape index (κ3) is 4.37. The number of carbonyl (C=O) groups is 1. The van der Waals surface area contributed by atoms with Crippen LogP contribution >= 0.6 is 0 Å². The largest absolute Gasteiger partial charge is 0.368 e. The zero-order valence-corrected chi connectivity index (χ0v) is 14.7. The summed E-state index contributed by atoms with van der Waals surface area (Å²) in [5, 5.41) is 2.74. The maximum Gasteiger partial charge on any atom is 0.261 e.